The second-order valence-corrected chi connectivity index (χ2v) is 6.73. The number of carbonyl (C=O) groups is 1. The summed E-state index contributed by atoms with van der Waals surface area (Å²) < 4.78 is 0. The monoisotopic (exact) mass is 343 g/mol. The van der Waals surface area contributed by atoms with E-state index in [0.29, 0.717) is 35.3 Å². The Kier molecular flexibility index (Phi) is 4.78. The Morgan fingerprint density at radius 1 is 1.25 bits per heavy atom. The molecule has 0 aliphatic heterocycles. The van der Waals surface area contributed by atoms with Crippen molar-refractivity contribution in [3.05, 3.63) is 63.2 Å². The molecular formula is C19H22ClN3O. The lowest BCUT2D eigenvalue weighted by atomic mass is 9.96. The fraction of sp³-hybridized carbons (Fsp3) is 0.316. The molecule has 1 fully saturated rings. The molecule has 0 saturated heterocycles. The molecule has 5 heteroatoms. The highest BCUT2D eigenvalue weighted by molar-refractivity contribution is 6.31. The van der Waals surface area contributed by atoms with Gasteiger partial charge in [0.25, 0.3) is 5.91 Å². The van der Waals surface area contributed by atoms with Crippen molar-refractivity contribution in [2.45, 2.75) is 38.8 Å². The first-order chi connectivity index (χ1) is 11.5. The normalized spacial score (nSPS) is 13.8. The first-order valence-electron chi connectivity index (χ1n) is 8.15. The number of aryl methyl sites for hydroxylation is 1. The SMILES string of the molecule is Cc1cc(C(=O)NCc2c(C3CC3)ccc(N)c2CN)ccc1Cl. The van der Waals surface area contributed by atoms with E-state index in [-0.39, 0.29) is 5.91 Å². The van der Waals surface area contributed by atoms with Gasteiger partial charge in [-0.2, -0.15) is 0 Å². The third-order valence-electron chi connectivity index (χ3n) is 4.57. The molecular weight excluding hydrogens is 322 g/mol. The smallest absolute Gasteiger partial charge is 0.251 e. The molecule has 126 valence electrons. The van der Waals surface area contributed by atoms with Crippen LogP contribution in [0.3, 0.4) is 0 Å². The third kappa shape index (κ3) is 3.40. The Balaban J connectivity index is 1.82. The molecule has 1 aliphatic carbocycles. The lowest BCUT2D eigenvalue weighted by Gasteiger charge is -2.17. The molecule has 5 N–H and O–H groups in total. The highest BCUT2D eigenvalue weighted by atomic mass is 35.5. The third-order valence-corrected chi connectivity index (χ3v) is 4.99. The molecule has 0 unspecified atom stereocenters. The van der Waals surface area contributed by atoms with Crippen LogP contribution >= 0.6 is 11.6 Å². The van der Waals surface area contributed by atoms with E-state index in [9.17, 15) is 4.79 Å². The average molecular weight is 344 g/mol. The van der Waals surface area contributed by atoms with E-state index in [1.54, 1.807) is 18.2 Å². The summed E-state index contributed by atoms with van der Waals surface area (Å²) in [7, 11) is 0. The van der Waals surface area contributed by atoms with Crippen molar-refractivity contribution in [1.82, 2.24) is 5.32 Å². The number of hydrogen-bond acceptors (Lipinski definition) is 3. The van der Waals surface area contributed by atoms with E-state index in [2.05, 4.69) is 11.4 Å². The number of amides is 1. The lowest BCUT2D eigenvalue weighted by molar-refractivity contribution is 0.0950. The fourth-order valence-electron chi connectivity index (χ4n) is 3.01. The van der Waals surface area contributed by atoms with Crippen molar-refractivity contribution in [3.8, 4) is 0 Å². The highest BCUT2D eigenvalue weighted by Gasteiger charge is 2.27. The number of carbonyl (C=O) groups excluding carboxylic acids is 1. The molecule has 0 bridgehead atoms. The zero-order chi connectivity index (χ0) is 17.3. The van der Waals surface area contributed by atoms with Gasteiger partial charge < -0.3 is 16.8 Å². The Labute approximate surface area is 147 Å². The van der Waals surface area contributed by atoms with E-state index in [1.807, 2.05) is 13.0 Å². The van der Waals surface area contributed by atoms with E-state index in [1.165, 1.54) is 18.4 Å². The molecule has 2 aromatic carbocycles. The van der Waals surface area contributed by atoms with Crippen molar-refractivity contribution >= 4 is 23.2 Å². The van der Waals surface area contributed by atoms with Gasteiger partial charge in [0.1, 0.15) is 0 Å². The molecule has 0 radical (unpaired) electrons. The van der Waals surface area contributed by atoms with Crippen LogP contribution in [0.25, 0.3) is 0 Å². The molecule has 0 aromatic heterocycles. The van der Waals surface area contributed by atoms with Crippen molar-refractivity contribution in [2.24, 2.45) is 5.73 Å². The van der Waals surface area contributed by atoms with Crippen LogP contribution in [0.2, 0.25) is 5.02 Å². The van der Waals surface area contributed by atoms with Gasteiger partial charge in [-0.25, -0.2) is 0 Å². The quantitative estimate of drug-likeness (QED) is 0.727. The van der Waals surface area contributed by atoms with Crippen LogP contribution in [0.15, 0.2) is 30.3 Å². The van der Waals surface area contributed by atoms with Gasteiger partial charge in [-0.15, -0.1) is 0 Å². The van der Waals surface area contributed by atoms with Gasteiger partial charge in [0, 0.05) is 29.4 Å². The molecule has 2 aromatic rings. The highest BCUT2D eigenvalue weighted by Crippen LogP contribution is 2.43. The standard InChI is InChI=1S/C19H22ClN3O/c1-11-8-13(4-6-17(11)20)19(24)23-10-16-14(12-2-3-12)5-7-18(22)15(16)9-21/h4-8,12H,2-3,9-10,21-22H2,1H3,(H,23,24). The zero-order valence-corrected chi connectivity index (χ0v) is 14.5. The van der Waals surface area contributed by atoms with Crippen molar-refractivity contribution in [3.63, 3.8) is 0 Å². The molecule has 4 nitrogen and oxygen atoms in total. The summed E-state index contributed by atoms with van der Waals surface area (Å²) in [6.07, 6.45) is 2.37. The summed E-state index contributed by atoms with van der Waals surface area (Å²) in [5.74, 6) is 0.447. The second-order valence-electron chi connectivity index (χ2n) is 6.33. The number of nitrogen functional groups attached to an aromatic ring is 1. The summed E-state index contributed by atoms with van der Waals surface area (Å²) in [5, 5.41) is 3.65. The Morgan fingerprint density at radius 3 is 2.62 bits per heavy atom. The van der Waals surface area contributed by atoms with E-state index in [0.717, 1.165) is 16.7 Å². The van der Waals surface area contributed by atoms with Crippen molar-refractivity contribution in [1.29, 1.82) is 0 Å². The number of benzene rings is 2. The van der Waals surface area contributed by atoms with Crippen LogP contribution in [0.4, 0.5) is 5.69 Å². The van der Waals surface area contributed by atoms with Crippen LogP contribution in [-0.4, -0.2) is 5.91 Å². The summed E-state index contributed by atoms with van der Waals surface area (Å²) >= 11 is 6.02. The predicted octanol–water partition coefficient (Wildman–Crippen LogP) is 3.50. The maximum Gasteiger partial charge on any atom is 0.251 e. The summed E-state index contributed by atoms with van der Waals surface area (Å²) in [6, 6.07) is 9.26. The zero-order valence-electron chi connectivity index (χ0n) is 13.7. The van der Waals surface area contributed by atoms with Gasteiger partial charge in [-0.3, -0.25) is 4.79 Å². The number of rotatable bonds is 5. The molecule has 0 spiro atoms. The van der Waals surface area contributed by atoms with Gasteiger partial charge in [0.2, 0.25) is 0 Å². The number of hydrogen-bond donors (Lipinski definition) is 3. The average Bonchev–Trinajstić information content (AvgIpc) is 3.40. The fourth-order valence-corrected chi connectivity index (χ4v) is 3.13. The predicted molar refractivity (Wildman–Crippen MR) is 98.1 cm³/mol. The lowest BCUT2D eigenvalue weighted by Crippen LogP contribution is -2.25. The van der Waals surface area contributed by atoms with Crippen LogP contribution in [0, 0.1) is 6.92 Å². The molecule has 3 rings (SSSR count). The van der Waals surface area contributed by atoms with Gasteiger partial charge in [-0.05, 0) is 72.2 Å². The van der Waals surface area contributed by atoms with Crippen LogP contribution in [0.5, 0.6) is 0 Å². The first-order valence-corrected chi connectivity index (χ1v) is 8.53. The Morgan fingerprint density at radius 2 is 2.00 bits per heavy atom. The van der Waals surface area contributed by atoms with Gasteiger partial charge in [0.15, 0.2) is 0 Å². The molecule has 24 heavy (non-hydrogen) atoms. The van der Waals surface area contributed by atoms with E-state index in [4.69, 9.17) is 23.1 Å². The number of anilines is 1. The molecule has 1 aliphatic rings. The van der Waals surface area contributed by atoms with Crippen LogP contribution < -0.4 is 16.8 Å². The topological polar surface area (TPSA) is 81.1 Å². The van der Waals surface area contributed by atoms with Gasteiger partial charge in [-0.1, -0.05) is 17.7 Å². The minimum Gasteiger partial charge on any atom is -0.398 e. The van der Waals surface area contributed by atoms with Gasteiger partial charge >= 0.3 is 0 Å². The molecule has 1 saturated carbocycles. The first kappa shape index (κ1) is 16.8. The van der Waals surface area contributed by atoms with Crippen molar-refractivity contribution in [2.75, 3.05) is 5.73 Å². The Bertz CT molecular complexity index is 784. The number of nitrogens with one attached hydrogen (secondary N) is 1. The molecule has 1 amide bonds. The maximum atomic E-state index is 12.4. The van der Waals surface area contributed by atoms with Crippen LogP contribution in [0.1, 0.15) is 51.4 Å². The maximum absolute atomic E-state index is 12.4. The minimum atomic E-state index is -0.123. The van der Waals surface area contributed by atoms with E-state index < -0.39 is 0 Å². The van der Waals surface area contributed by atoms with E-state index >= 15 is 0 Å². The molecule has 0 heterocycles. The number of nitrogens with two attached hydrogens (primary N) is 2. The largest absolute Gasteiger partial charge is 0.398 e. The Hall–Kier alpha value is -2.04. The minimum absolute atomic E-state index is 0.123. The second kappa shape index (κ2) is 6.83. The van der Waals surface area contributed by atoms with Crippen molar-refractivity contribution < 1.29 is 4.79 Å². The summed E-state index contributed by atoms with van der Waals surface area (Å²) in [5.41, 5.74) is 17.4. The molecule has 0 atom stereocenters. The summed E-state index contributed by atoms with van der Waals surface area (Å²) in [4.78, 5) is 12.4. The van der Waals surface area contributed by atoms with Crippen LogP contribution in [-0.2, 0) is 13.1 Å². The summed E-state index contributed by atoms with van der Waals surface area (Å²) in [6.45, 7) is 2.69. The van der Waals surface area contributed by atoms with Gasteiger partial charge in [0.05, 0.1) is 0 Å². The number of halogens is 1.